The molecule has 2 rings (SSSR count). The number of rotatable bonds is 11. The van der Waals surface area contributed by atoms with Gasteiger partial charge >= 0.3 is 0 Å². The van der Waals surface area contributed by atoms with Crippen molar-refractivity contribution in [3.63, 3.8) is 0 Å². The normalized spacial score (nSPS) is 11.0. The molecule has 0 radical (unpaired) electrons. The molecule has 0 aliphatic carbocycles. The maximum Gasteiger partial charge on any atom is 0.251 e. The first-order chi connectivity index (χ1) is 15.0. The molecule has 0 bridgehead atoms. The van der Waals surface area contributed by atoms with Crippen LogP contribution >= 0.6 is 24.0 Å². The summed E-state index contributed by atoms with van der Waals surface area (Å²) in [5, 5.41) is 6.26. The molecule has 0 spiro atoms. The molecule has 32 heavy (non-hydrogen) atoms. The van der Waals surface area contributed by atoms with E-state index in [0.717, 1.165) is 30.4 Å². The molecular weight excluding hydrogens is 517 g/mol. The second-order valence-corrected chi connectivity index (χ2v) is 7.51. The van der Waals surface area contributed by atoms with E-state index in [-0.39, 0.29) is 29.9 Å². The van der Waals surface area contributed by atoms with Crippen molar-refractivity contribution in [2.45, 2.75) is 13.5 Å². The number of likely N-dealkylation sites (N-methyl/N-ethyl adjacent to an activating group) is 2. The number of guanidine groups is 1. The van der Waals surface area contributed by atoms with E-state index in [2.05, 4.69) is 10.6 Å². The van der Waals surface area contributed by atoms with E-state index in [0.29, 0.717) is 31.8 Å². The summed E-state index contributed by atoms with van der Waals surface area (Å²) in [6.45, 7) is 6.00. The Morgan fingerprint density at radius 1 is 1.00 bits per heavy atom. The number of aliphatic imine (C=N–C) groups is 1. The van der Waals surface area contributed by atoms with Gasteiger partial charge in [0.25, 0.3) is 5.91 Å². The van der Waals surface area contributed by atoms with Crippen LogP contribution in [0.5, 0.6) is 5.75 Å². The van der Waals surface area contributed by atoms with Crippen molar-refractivity contribution >= 4 is 35.8 Å². The molecule has 0 unspecified atom stereocenters. The van der Waals surface area contributed by atoms with Crippen LogP contribution in [0.25, 0.3) is 0 Å². The van der Waals surface area contributed by atoms with Crippen LogP contribution in [0.1, 0.15) is 22.8 Å². The van der Waals surface area contributed by atoms with Crippen molar-refractivity contribution in [3.05, 3.63) is 65.7 Å². The molecule has 0 aliphatic rings. The number of carbonyl (C=O) groups is 1. The van der Waals surface area contributed by atoms with Gasteiger partial charge in [-0.2, -0.15) is 0 Å². The third-order valence-corrected chi connectivity index (χ3v) is 4.58. The van der Waals surface area contributed by atoms with Crippen molar-refractivity contribution in [1.29, 1.82) is 0 Å². The molecule has 0 aromatic heterocycles. The van der Waals surface area contributed by atoms with Gasteiger partial charge in [0.15, 0.2) is 5.96 Å². The largest absolute Gasteiger partial charge is 0.492 e. The van der Waals surface area contributed by atoms with Gasteiger partial charge in [0, 0.05) is 32.2 Å². The lowest BCUT2D eigenvalue weighted by Gasteiger charge is -2.22. The number of amides is 1. The maximum atomic E-state index is 12.4. The average Bonchev–Trinajstić information content (AvgIpc) is 2.77. The molecule has 2 aromatic rings. The second kappa shape index (κ2) is 15.5. The molecule has 0 atom stereocenters. The first-order valence-corrected chi connectivity index (χ1v) is 10.7. The summed E-state index contributed by atoms with van der Waals surface area (Å²) in [5.74, 6) is 1.60. The van der Waals surface area contributed by atoms with Crippen LogP contribution in [0.3, 0.4) is 0 Å². The van der Waals surface area contributed by atoms with Crippen molar-refractivity contribution in [2.75, 3.05) is 53.9 Å². The summed E-state index contributed by atoms with van der Waals surface area (Å²) in [4.78, 5) is 21.2. The van der Waals surface area contributed by atoms with E-state index in [4.69, 9.17) is 9.73 Å². The molecule has 0 saturated carbocycles. The van der Waals surface area contributed by atoms with E-state index < -0.39 is 0 Å². The molecule has 2 aromatic carbocycles. The highest BCUT2D eigenvalue weighted by molar-refractivity contribution is 14.0. The Kier molecular flexibility index (Phi) is 13.4. The highest BCUT2D eigenvalue weighted by Crippen LogP contribution is 2.09. The number of nitrogens with one attached hydrogen (secondary N) is 2. The standard InChI is InChI=1S/C24H35N5O2.HI/c1-5-25-24(29(4)16-17-31-22-12-7-6-8-13-22)27-19-20-10-9-11-21(18-20)23(30)26-14-15-28(2)3;/h6-13,18H,5,14-17,19H2,1-4H3,(H,25,27)(H,26,30);1H. The van der Waals surface area contributed by atoms with Crippen molar-refractivity contribution in [3.8, 4) is 5.75 Å². The fraction of sp³-hybridized carbons (Fsp3) is 0.417. The van der Waals surface area contributed by atoms with E-state index >= 15 is 0 Å². The molecule has 176 valence electrons. The van der Waals surface area contributed by atoms with Crippen LogP contribution in [0.2, 0.25) is 0 Å². The van der Waals surface area contributed by atoms with Gasteiger partial charge in [0.2, 0.25) is 0 Å². The fourth-order valence-corrected chi connectivity index (χ4v) is 2.86. The monoisotopic (exact) mass is 553 g/mol. The summed E-state index contributed by atoms with van der Waals surface area (Å²) in [6, 6.07) is 17.4. The van der Waals surface area contributed by atoms with Crippen LogP contribution in [0.4, 0.5) is 0 Å². The summed E-state index contributed by atoms with van der Waals surface area (Å²) >= 11 is 0. The quantitative estimate of drug-likeness (QED) is 0.255. The maximum absolute atomic E-state index is 12.4. The third kappa shape index (κ3) is 10.3. The van der Waals surface area contributed by atoms with Gasteiger partial charge in [-0.3, -0.25) is 4.79 Å². The number of ether oxygens (including phenoxy) is 1. The molecule has 0 saturated heterocycles. The van der Waals surface area contributed by atoms with Crippen LogP contribution in [-0.2, 0) is 6.54 Å². The molecule has 1 amide bonds. The number of carbonyl (C=O) groups excluding carboxylic acids is 1. The molecule has 2 N–H and O–H groups in total. The third-order valence-electron chi connectivity index (χ3n) is 4.58. The minimum atomic E-state index is -0.0604. The lowest BCUT2D eigenvalue weighted by Crippen LogP contribution is -2.40. The smallest absolute Gasteiger partial charge is 0.251 e. The molecule has 8 heteroatoms. The summed E-state index contributed by atoms with van der Waals surface area (Å²) in [7, 11) is 5.96. The molecular formula is C24H36IN5O2. The summed E-state index contributed by atoms with van der Waals surface area (Å²) in [6.07, 6.45) is 0. The van der Waals surface area contributed by atoms with Gasteiger partial charge < -0.3 is 25.2 Å². The van der Waals surface area contributed by atoms with Gasteiger partial charge in [-0.05, 0) is 50.8 Å². The Morgan fingerprint density at radius 3 is 2.44 bits per heavy atom. The van der Waals surface area contributed by atoms with Crippen LogP contribution < -0.4 is 15.4 Å². The van der Waals surface area contributed by atoms with Crippen LogP contribution in [-0.4, -0.2) is 75.6 Å². The van der Waals surface area contributed by atoms with Crippen LogP contribution in [0.15, 0.2) is 59.6 Å². The Bertz CT molecular complexity index is 830. The lowest BCUT2D eigenvalue weighted by atomic mass is 10.1. The predicted molar refractivity (Wildman–Crippen MR) is 142 cm³/mol. The average molecular weight is 553 g/mol. The van der Waals surface area contributed by atoms with Gasteiger partial charge in [-0.1, -0.05) is 30.3 Å². The lowest BCUT2D eigenvalue weighted by molar-refractivity contribution is 0.0951. The van der Waals surface area contributed by atoms with E-state index in [1.165, 1.54) is 0 Å². The number of nitrogens with zero attached hydrogens (tertiary/aromatic N) is 3. The topological polar surface area (TPSA) is 69.2 Å². The van der Waals surface area contributed by atoms with E-state index in [9.17, 15) is 4.79 Å². The number of benzene rings is 2. The fourth-order valence-electron chi connectivity index (χ4n) is 2.86. The molecule has 0 fully saturated rings. The minimum Gasteiger partial charge on any atom is -0.492 e. The minimum absolute atomic E-state index is 0. The van der Waals surface area contributed by atoms with Gasteiger partial charge in [-0.15, -0.1) is 24.0 Å². The van der Waals surface area contributed by atoms with Crippen molar-refractivity contribution in [1.82, 2.24) is 20.4 Å². The van der Waals surface area contributed by atoms with Gasteiger partial charge in [0.05, 0.1) is 13.1 Å². The second-order valence-electron chi connectivity index (χ2n) is 7.51. The Hall–Kier alpha value is -2.33. The van der Waals surface area contributed by atoms with E-state index in [1.807, 2.05) is 92.5 Å². The van der Waals surface area contributed by atoms with Crippen molar-refractivity contribution in [2.24, 2.45) is 4.99 Å². The Labute approximate surface area is 209 Å². The zero-order chi connectivity index (χ0) is 22.5. The molecule has 0 aliphatic heterocycles. The highest BCUT2D eigenvalue weighted by atomic mass is 127. The number of hydrogen-bond acceptors (Lipinski definition) is 4. The zero-order valence-corrected chi connectivity index (χ0v) is 21.8. The Balaban J connectivity index is 0.00000512. The Morgan fingerprint density at radius 2 is 1.75 bits per heavy atom. The predicted octanol–water partition coefficient (Wildman–Crippen LogP) is 3.07. The molecule has 0 heterocycles. The van der Waals surface area contributed by atoms with Crippen molar-refractivity contribution < 1.29 is 9.53 Å². The highest BCUT2D eigenvalue weighted by Gasteiger charge is 2.08. The number of halogens is 1. The summed E-state index contributed by atoms with van der Waals surface area (Å²) in [5.41, 5.74) is 1.64. The first kappa shape index (κ1) is 27.7. The van der Waals surface area contributed by atoms with Crippen LogP contribution in [0, 0.1) is 0 Å². The number of hydrogen-bond donors (Lipinski definition) is 2. The first-order valence-electron chi connectivity index (χ1n) is 10.7. The summed E-state index contributed by atoms with van der Waals surface area (Å²) < 4.78 is 5.78. The van der Waals surface area contributed by atoms with E-state index in [1.54, 1.807) is 0 Å². The SMILES string of the molecule is CCNC(=NCc1cccc(C(=O)NCCN(C)C)c1)N(C)CCOc1ccccc1.I. The zero-order valence-electron chi connectivity index (χ0n) is 19.5. The van der Waals surface area contributed by atoms with Gasteiger partial charge in [0.1, 0.15) is 12.4 Å². The number of para-hydroxylation sites is 1. The van der Waals surface area contributed by atoms with Gasteiger partial charge in [-0.25, -0.2) is 4.99 Å². The molecule has 7 nitrogen and oxygen atoms in total.